The molecule has 2 amide bonds. The minimum atomic E-state index is -0.279. The van der Waals surface area contributed by atoms with Crippen molar-refractivity contribution in [2.24, 2.45) is 0 Å². The van der Waals surface area contributed by atoms with Gasteiger partial charge < -0.3 is 4.57 Å². The van der Waals surface area contributed by atoms with E-state index in [1.54, 1.807) is 18.2 Å². The standard InChI is InChI=1S/C23H18BrClN2O2S/c1-14-10-17(15(2)27(14)20-8-6-18(24)7-9-20)12-21-22(28)26(23(29)30-21)13-16-4-3-5-19(25)11-16/h3-12H,13H2,1-2H3/b21-12-. The summed E-state index contributed by atoms with van der Waals surface area (Å²) in [5.41, 5.74) is 4.85. The molecule has 0 atom stereocenters. The molecule has 0 aliphatic carbocycles. The maximum absolute atomic E-state index is 12.9. The second kappa shape index (κ2) is 8.46. The van der Waals surface area contributed by atoms with Crippen LogP contribution < -0.4 is 0 Å². The molecular weight excluding hydrogens is 484 g/mol. The third kappa shape index (κ3) is 4.13. The lowest BCUT2D eigenvalue weighted by molar-refractivity contribution is -0.123. The lowest BCUT2D eigenvalue weighted by Crippen LogP contribution is -2.27. The van der Waals surface area contributed by atoms with Gasteiger partial charge in [-0.3, -0.25) is 14.5 Å². The van der Waals surface area contributed by atoms with Crippen LogP contribution in [0.2, 0.25) is 5.02 Å². The van der Waals surface area contributed by atoms with E-state index >= 15 is 0 Å². The predicted molar refractivity (Wildman–Crippen MR) is 126 cm³/mol. The summed E-state index contributed by atoms with van der Waals surface area (Å²) in [6.07, 6.45) is 1.81. The summed E-state index contributed by atoms with van der Waals surface area (Å²) in [6.45, 7) is 4.24. The number of hydrogen-bond donors (Lipinski definition) is 0. The highest BCUT2D eigenvalue weighted by Gasteiger charge is 2.35. The molecule has 4 rings (SSSR count). The molecule has 30 heavy (non-hydrogen) atoms. The lowest BCUT2D eigenvalue weighted by Gasteiger charge is -2.12. The van der Waals surface area contributed by atoms with Crippen molar-refractivity contribution in [3.63, 3.8) is 0 Å². The average molecular weight is 502 g/mol. The Hall–Kier alpha value is -2.28. The molecule has 0 N–H and O–H groups in total. The Morgan fingerprint density at radius 3 is 2.50 bits per heavy atom. The van der Waals surface area contributed by atoms with E-state index in [9.17, 15) is 9.59 Å². The average Bonchev–Trinajstić information content (AvgIpc) is 3.13. The molecule has 1 aliphatic heterocycles. The molecule has 7 heteroatoms. The molecule has 0 radical (unpaired) electrons. The number of imide groups is 1. The van der Waals surface area contributed by atoms with Crippen LogP contribution in [0.5, 0.6) is 0 Å². The Balaban J connectivity index is 1.62. The van der Waals surface area contributed by atoms with E-state index in [4.69, 9.17) is 11.6 Å². The van der Waals surface area contributed by atoms with Gasteiger partial charge in [-0.05, 0) is 85.3 Å². The highest BCUT2D eigenvalue weighted by atomic mass is 79.9. The SMILES string of the molecule is Cc1cc(/C=C2\SC(=O)N(Cc3cccc(Cl)c3)C2=O)c(C)n1-c1ccc(Br)cc1. The fourth-order valence-corrected chi connectivity index (χ4v) is 4.82. The molecule has 0 saturated carbocycles. The summed E-state index contributed by atoms with van der Waals surface area (Å²) in [7, 11) is 0. The van der Waals surface area contributed by atoms with Crippen molar-refractivity contribution in [1.29, 1.82) is 0 Å². The molecule has 4 nitrogen and oxygen atoms in total. The van der Waals surface area contributed by atoms with Gasteiger partial charge in [0.05, 0.1) is 11.4 Å². The maximum atomic E-state index is 12.9. The second-order valence-electron chi connectivity index (χ2n) is 7.04. The number of aromatic nitrogens is 1. The number of benzene rings is 2. The smallest absolute Gasteiger partial charge is 0.293 e. The Kier molecular flexibility index (Phi) is 5.91. The second-order valence-corrected chi connectivity index (χ2v) is 9.38. The van der Waals surface area contributed by atoms with Crippen molar-refractivity contribution in [1.82, 2.24) is 9.47 Å². The molecule has 152 valence electrons. The van der Waals surface area contributed by atoms with Gasteiger partial charge in [0.25, 0.3) is 11.1 Å². The number of aryl methyl sites for hydroxylation is 1. The predicted octanol–water partition coefficient (Wildman–Crippen LogP) is 6.75. The van der Waals surface area contributed by atoms with Gasteiger partial charge >= 0.3 is 0 Å². The van der Waals surface area contributed by atoms with E-state index < -0.39 is 0 Å². The number of amides is 2. The molecule has 1 fully saturated rings. The monoisotopic (exact) mass is 500 g/mol. The molecule has 0 unspecified atom stereocenters. The number of rotatable bonds is 4. The molecule has 2 aromatic carbocycles. The summed E-state index contributed by atoms with van der Waals surface area (Å²) in [5.74, 6) is -0.279. The van der Waals surface area contributed by atoms with Gasteiger partial charge in [0, 0.05) is 26.6 Å². The topological polar surface area (TPSA) is 42.3 Å². The van der Waals surface area contributed by atoms with Crippen molar-refractivity contribution in [2.75, 3.05) is 0 Å². The number of carbonyl (C=O) groups is 2. The van der Waals surface area contributed by atoms with Crippen LogP contribution in [0.4, 0.5) is 4.79 Å². The van der Waals surface area contributed by atoms with Gasteiger partial charge in [0.15, 0.2) is 0 Å². The molecule has 1 aliphatic rings. The van der Waals surface area contributed by atoms with Crippen LogP contribution in [0, 0.1) is 13.8 Å². The third-order valence-electron chi connectivity index (χ3n) is 4.95. The van der Waals surface area contributed by atoms with Crippen LogP contribution in [0.25, 0.3) is 11.8 Å². The molecule has 2 heterocycles. The number of hydrogen-bond acceptors (Lipinski definition) is 3. The molecule has 1 aromatic heterocycles. The van der Waals surface area contributed by atoms with Crippen molar-refractivity contribution in [2.45, 2.75) is 20.4 Å². The summed E-state index contributed by atoms with van der Waals surface area (Å²) in [6, 6.07) is 17.3. The highest BCUT2D eigenvalue weighted by molar-refractivity contribution is 9.10. The van der Waals surface area contributed by atoms with Crippen LogP contribution in [0.3, 0.4) is 0 Å². The molecule has 0 bridgehead atoms. The zero-order valence-corrected chi connectivity index (χ0v) is 19.5. The zero-order valence-electron chi connectivity index (χ0n) is 16.4. The Morgan fingerprint density at radius 1 is 1.07 bits per heavy atom. The van der Waals surface area contributed by atoms with Gasteiger partial charge in [-0.2, -0.15) is 0 Å². The van der Waals surface area contributed by atoms with Crippen molar-refractivity contribution >= 4 is 56.5 Å². The van der Waals surface area contributed by atoms with Crippen molar-refractivity contribution in [3.8, 4) is 5.69 Å². The summed E-state index contributed by atoms with van der Waals surface area (Å²) in [4.78, 5) is 27.0. The molecular formula is C23H18BrClN2O2S. The van der Waals surface area contributed by atoms with E-state index in [0.717, 1.165) is 44.4 Å². The fraction of sp³-hybridized carbons (Fsp3) is 0.130. The number of halogens is 2. The van der Waals surface area contributed by atoms with Crippen LogP contribution in [0.15, 0.2) is 64.0 Å². The first-order valence-electron chi connectivity index (χ1n) is 9.28. The lowest BCUT2D eigenvalue weighted by atomic mass is 10.2. The van der Waals surface area contributed by atoms with Gasteiger partial charge in [-0.25, -0.2) is 0 Å². The minimum absolute atomic E-state index is 0.209. The third-order valence-corrected chi connectivity index (χ3v) is 6.62. The van der Waals surface area contributed by atoms with Gasteiger partial charge in [-0.1, -0.05) is 39.7 Å². The molecule has 1 saturated heterocycles. The number of nitrogens with zero attached hydrogens (tertiary/aromatic N) is 2. The normalized spacial score (nSPS) is 15.5. The first-order valence-corrected chi connectivity index (χ1v) is 11.3. The Bertz CT molecular complexity index is 1180. The van der Waals surface area contributed by atoms with Crippen molar-refractivity contribution in [3.05, 3.63) is 91.5 Å². The van der Waals surface area contributed by atoms with E-state index in [1.165, 1.54) is 4.90 Å². The van der Waals surface area contributed by atoms with E-state index in [2.05, 4.69) is 20.5 Å². The quantitative estimate of drug-likeness (QED) is 0.372. The van der Waals surface area contributed by atoms with Crippen LogP contribution >= 0.6 is 39.3 Å². The van der Waals surface area contributed by atoms with E-state index in [1.807, 2.05) is 56.3 Å². The first-order chi connectivity index (χ1) is 14.3. The van der Waals surface area contributed by atoms with E-state index in [0.29, 0.717) is 9.93 Å². The Morgan fingerprint density at radius 2 is 1.80 bits per heavy atom. The summed E-state index contributed by atoms with van der Waals surface area (Å²) in [5, 5.41) is 0.309. The summed E-state index contributed by atoms with van der Waals surface area (Å²) < 4.78 is 3.15. The maximum Gasteiger partial charge on any atom is 0.293 e. The largest absolute Gasteiger partial charge is 0.318 e. The van der Waals surface area contributed by atoms with Crippen LogP contribution in [-0.2, 0) is 11.3 Å². The Labute approximate surface area is 192 Å². The van der Waals surface area contributed by atoms with Gasteiger partial charge in [0.2, 0.25) is 0 Å². The number of carbonyl (C=O) groups excluding carboxylic acids is 2. The van der Waals surface area contributed by atoms with Crippen LogP contribution in [0.1, 0.15) is 22.5 Å². The molecule has 0 spiro atoms. The summed E-state index contributed by atoms with van der Waals surface area (Å²) >= 11 is 10.5. The fourth-order valence-electron chi connectivity index (χ4n) is 3.52. The van der Waals surface area contributed by atoms with Gasteiger partial charge in [-0.15, -0.1) is 0 Å². The first kappa shape index (κ1) is 21.0. The highest BCUT2D eigenvalue weighted by Crippen LogP contribution is 2.35. The minimum Gasteiger partial charge on any atom is -0.318 e. The number of thioether (sulfide) groups is 1. The van der Waals surface area contributed by atoms with Gasteiger partial charge in [0.1, 0.15) is 0 Å². The van der Waals surface area contributed by atoms with Crippen molar-refractivity contribution < 1.29 is 9.59 Å². The van der Waals surface area contributed by atoms with Crippen LogP contribution in [-0.4, -0.2) is 20.6 Å². The van der Waals surface area contributed by atoms with E-state index in [-0.39, 0.29) is 17.7 Å². The molecule has 3 aromatic rings. The zero-order chi connectivity index (χ0) is 21.4.